The van der Waals surface area contributed by atoms with E-state index in [9.17, 15) is 19.7 Å². The van der Waals surface area contributed by atoms with Gasteiger partial charge in [-0.05, 0) is 69.6 Å². The summed E-state index contributed by atoms with van der Waals surface area (Å²) in [7, 11) is -4.29. The summed E-state index contributed by atoms with van der Waals surface area (Å²) in [6.45, 7) is 26.0. The summed E-state index contributed by atoms with van der Waals surface area (Å²) in [6.07, 6.45) is 0. The summed E-state index contributed by atoms with van der Waals surface area (Å²) in [5, 5.41) is 12.1. The summed E-state index contributed by atoms with van der Waals surface area (Å²) < 4.78 is 35.5. The molecule has 11 nitrogen and oxygen atoms in total. The molecule has 51 heavy (non-hydrogen) atoms. The number of nitro benzene ring substituents is 1. The molecule has 0 aliphatic rings. The van der Waals surface area contributed by atoms with Gasteiger partial charge in [0, 0.05) is 0 Å². The summed E-state index contributed by atoms with van der Waals surface area (Å²) in [5.74, 6) is -0.575. The van der Waals surface area contributed by atoms with Crippen molar-refractivity contribution in [1.29, 1.82) is 0 Å². The lowest BCUT2D eigenvalue weighted by Crippen LogP contribution is -2.47. The molecule has 0 spiro atoms. The first-order chi connectivity index (χ1) is 23.9. The highest BCUT2D eigenvalue weighted by molar-refractivity contribution is 6.78. The fourth-order valence-electron chi connectivity index (χ4n) is 8.06. The van der Waals surface area contributed by atoms with Gasteiger partial charge in [-0.15, -0.1) is 0 Å². The number of para-hydroxylation sites is 1. The molecule has 0 amide bonds. The van der Waals surface area contributed by atoms with Crippen molar-refractivity contribution in [2.75, 3.05) is 0 Å². The van der Waals surface area contributed by atoms with Crippen molar-refractivity contribution in [3.63, 3.8) is 0 Å². The van der Waals surface area contributed by atoms with Crippen molar-refractivity contribution in [2.24, 2.45) is 0 Å². The molecule has 2 heterocycles. The van der Waals surface area contributed by atoms with Crippen molar-refractivity contribution >= 4 is 34.3 Å². The third-order valence-corrected chi connectivity index (χ3v) is 22.3. The van der Waals surface area contributed by atoms with Crippen LogP contribution in [0.25, 0.3) is 0 Å². The Morgan fingerprint density at radius 2 is 0.922 bits per heavy atom. The van der Waals surface area contributed by atoms with E-state index in [1.807, 2.05) is 0 Å². The van der Waals surface area contributed by atoms with Gasteiger partial charge in [0.1, 0.15) is 24.7 Å². The van der Waals surface area contributed by atoms with E-state index in [0.717, 1.165) is 0 Å². The van der Waals surface area contributed by atoms with Gasteiger partial charge >= 0.3 is 11.9 Å². The molecule has 0 aliphatic heterocycles. The van der Waals surface area contributed by atoms with Crippen molar-refractivity contribution in [1.82, 2.24) is 0 Å². The number of hydrogen-bond donors (Lipinski definition) is 0. The Balaban J connectivity index is 1.65. The number of nitrogens with zero attached hydrogens (tertiary/aromatic N) is 1. The molecule has 2 aromatic heterocycles. The molecule has 0 radical (unpaired) electrons. The van der Waals surface area contributed by atoms with Crippen LogP contribution < -0.4 is 0 Å². The Hall–Kier alpha value is -3.53. The number of benzene rings is 1. The highest BCUT2D eigenvalue weighted by Gasteiger charge is 2.46. The third kappa shape index (κ3) is 9.48. The molecule has 0 unspecified atom stereocenters. The predicted molar refractivity (Wildman–Crippen MR) is 200 cm³/mol. The van der Waals surface area contributed by atoms with E-state index in [4.69, 9.17) is 27.2 Å². The Kier molecular flexibility index (Phi) is 14.6. The van der Waals surface area contributed by atoms with Gasteiger partial charge in [0.05, 0.1) is 29.3 Å². The standard InChI is InChI=1S/C38H57NO10Si2/c1-24(2)50(25(3)4,26(5)6)46-22-32-16-18-34(48-32)37(40)44-20-30-14-13-15-31(36(30)39(42)43)21-45-38(41)35-19-17-33(49-35)23-47-51(27(7)8,28(9)10)29(11)12/h13-19,24-29H,20-23H2,1-12H3. The molecule has 0 atom stereocenters. The zero-order valence-corrected chi connectivity index (χ0v) is 34.4. The Morgan fingerprint density at radius 1 is 0.588 bits per heavy atom. The molecule has 0 aliphatic carbocycles. The maximum absolute atomic E-state index is 12.9. The van der Waals surface area contributed by atoms with E-state index in [1.165, 1.54) is 24.3 Å². The smallest absolute Gasteiger partial charge is 0.374 e. The fraction of sp³-hybridized carbons (Fsp3) is 0.579. The van der Waals surface area contributed by atoms with Crippen LogP contribution in [-0.4, -0.2) is 33.5 Å². The summed E-state index contributed by atoms with van der Waals surface area (Å²) in [6, 6.07) is 10.9. The second-order valence-electron chi connectivity index (χ2n) is 15.1. The average molecular weight is 744 g/mol. The predicted octanol–water partition coefficient (Wildman–Crippen LogP) is 10.9. The topological polar surface area (TPSA) is 140 Å². The van der Waals surface area contributed by atoms with E-state index >= 15 is 0 Å². The molecule has 0 saturated heterocycles. The highest BCUT2D eigenvalue weighted by Crippen LogP contribution is 2.44. The van der Waals surface area contributed by atoms with Gasteiger partial charge in [-0.1, -0.05) is 89.2 Å². The van der Waals surface area contributed by atoms with Crippen molar-refractivity contribution in [3.05, 3.63) is 86.7 Å². The molecule has 13 heteroatoms. The van der Waals surface area contributed by atoms with Crippen molar-refractivity contribution in [3.8, 4) is 0 Å². The number of carbonyl (C=O) groups excluding carboxylic acids is 2. The van der Waals surface area contributed by atoms with Gasteiger partial charge < -0.3 is 27.2 Å². The van der Waals surface area contributed by atoms with Crippen LogP contribution in [0, 0.1) is 10.1 Å². The van der Waals surface area contributed by atoms with Crippen LogP contribution in [0.2, 0.25) is 33.2 Å². The molecule has 3 rings (SSSR count). The molecule has 0 saturated carbocycles. The Bertz CT molecular complexity index is 1470. The number of nitro groups is 1. The lowest BCUT2D eigenvalue weighted by Gasteiger charge is -2.41. The highest BCUT2D eigenvalue weighted by atomic mass is 28.4. The van der Waals surface area contributed by atoms with Crippen LogP contribution in [0.5, 0.6) is 0 Å². The van der Waals surface area contributed by atoms with Crippen LogP contribution in [0.15, 0.2) is 51.3 Å². The van der Waals surface area contributed by atoms with E-state index < -0.39 is 33.5 Å². The average Bonchev–Trinajstić information content (AvgIpc) is 3.72. The first-order valence-electron chi connectivity index (χ1n) is 17.9. The summed E-state index contributed by atoms with van der Waals surface area (Å²) in [5.41, 5.74) is 2.32. The van der Waals surface area contributed by atoms with Crippen molar-refractivity contribution < 1.29 is 41.7 Å². The fourth-order valence-corrected chi connectivity index (χ4v) is 18.8. The minimum atomic E-state index is -2.14. The maximum atomic E-state index is 12.9. The van der Waals surface area contributed by atoms with E-state index in [2.05, 4.69) is 83.1 Å². The maximum Gasteiger partial charge on any atom is 0.374 e. The van der Waals surface area contributed by atoms with Gasteiger partial charge in [-0.3, -0.25) is 10.1 Å². The van der Waals surface area contributed by atoms with Gasteiger partial charge in [0.15, 0.2) is 0 Å². The second kappa shape index (κ2) is 17.8. The van der Waals surface area contributed by atoms with Crippen LogP contribution >= 0.6 is 0 Å². The van der Waals surface area contributed by atoms with Gasteiger partial charge in [-0.2, -0.15) is 0 Å². The minimum absolute atomic E-state index is 0.0267. The Labute approximate surface area is 304 Å². The molecule has 0 fully saturated rings. The number of rotatable bonds is 19. The van der Waals surface area contributed by atoms with Gasteiger partial charge in [0.2, 0.25) is 28.2 Å². The third-order valence-electron chi connectivity index (χ3n) is 10.2. The minimum Gasteiger partial charge on any atom is -0.455 e. The Morgan fingerprint density at radius 3 is 1.22 bits per heavy atom. The lowest BCUT2D eigenvalue weighted by molar-refractivity contribution is -0.386. The number of carbonyl (C=O) groups is 2. The van der Waals surface area contributed by atoms with Gasteiger partial charge in [0.25, 0.3) is 5.69 Å². The molecule has 282 valence electrons. The van der Waals surface area contributed by atoms with Crippen LogP contribution in [0.3, 0.4) is 0 Å². The zero-order valence-electron chi connectivity index (χ0n) is 32.4. The number of ether oxygens (including phenoxy) is 2. The first-order valence-corrected chi connectivity index (χ1v) is 22.2. The first kappa shape index (κ1) is 41.9. The van der Waals surface area contributed by atoms with Gasteiger partial charge in [-0.25, -0.2) is 9.59 Å². The summed E-state index contributed by atoms with van der Waals surface area (Å²) in [4.78, 5) is 37.3. The quantitative estimate of drug-likeness (QED) is 0.0504. The number of hydrogen-bond acceptors (Lipinski definition) is 10. The van der Waals surface area contributed by atoms with Crippen molar-refractivity contribution in [2.45, 2.75) is 143 Å². The van der Waals surface area contributed by atoms with E-state index in [1.54, 1.807) is 18.2 Å². The van der Waals surface area contributed by atoms with E-state index in [-0.39, 0.29) is 54.8 Å². The molecular formula is C38H57NO10Si2. The van der Waals surface area contributed by atoms with Crippen LogP contribution in [0.4, 0.5) is 5.69 Å². The van der Waals surface area contributed by atoms with Crippen LogP contribution in [0.1, 0.15) is 127 Å². The SMILES string of the molecule is CC(C)[Si](OCc1ccc(C(=O)OCc2cccc(COC(=O)c3ccc(CO[Si](C(C)C)(C(C)C)C(C)C)o3)c2[N+](=O)[O-])o1)(C(C)C)C(C)C. The number of furan rings is 2. The second-order valence-corrected chi connectivity index (χ2v) is 26.0. The molecule has 0 N–H and O–H groups in total. The normalized spacial score (nSPS) is 12.6. The lowest BCUT2D eigenvalue weighted by atomic mass is 10.1. The van der Waals surface area contributed by atoms with Crippen LogP contribution in [-0.2, 0) is 44.8 Å². The van der Waals surface area contributed by atoms with E-state index in [0.29, 0.717) is 44.8 Å². The molecule has 3 aromatic rings. The molecule has 1 aromatic carbocycles. The summed E-state index contributed by atoms with van der Waals surface area (Å²) >= 11 is 0. The molecular weight excluding hydrogens is 687 g/mol. The zero-order chi connectivity index (χ0) is 38.3. The largest absolute Gasteiger partial charge is 0.455 e. The monoisotopic (exact) mass is 743 g/mol. The number of esters is 2. The molecule has 0 bridgehead atoms.